The van der Waals surface area contributed by atoms with Gasteiger partial charge in [-0.15, -0.1) is 0 Å². The Morgan fingerprint density at radius 2 is 1.79 bits per heavy atom. The van der Waals surface area contributed by atoms with Crippen LogP contribution in [-0.4, -0.2) is 37.7 Å². The third kappa shape index (κ3) is 6.32. The highest BCUT2D eigenvalue weighted by molar-refractivity contribution is 5.73. The molecule has 0 aliphatic carbocycles. The van der Waals surface area contributed by atoms with Crippen LogP contribution < -0.4 is 10.1 Å². The summed E-state index contributed by atoms with van der Waals surface area (Å²) in [5, 5.41) is 2.94. The van der Waals surface area contributed by atoms with Crippen molar-refractivity contribution in [2.24, 2.45) is 0 Å². The minimum absolute atomic E-state index is 0.0597. The van der Waals surface area contributed by atoms with Crippen LogP contribution in [0.25, 0.3) is 0 Å². The summed E-state index contributed by atoms with van der Waals surface area (Å²) >= 11 is 0. The molecule has 0 radical (unpaired) electrons. The summed E-state index contributed by atoms with van der Waals surface area (Å²) in [6.07, 6.45) is 1.91. The highest BCUT2D eigenvalue weighted by Gasteiger charge is 2.07. The molecule has 0 atom stereocenters. The van der Waals surface area contributed by atoms with Gasteiger partial charge in [0, 0.05) is 13.6 Å². The fourth-order valence-corrected chi connectivity index (χ4v) is 2.30. The van der Waals surface area contributed by atoms with Crippen LogP contribution in [0.3, 0.4) is 0 Å². The molecule has 0 aromatic heterocycles. The quantitative estimate of drug-likeness (QED) is 0.752. The van der Waals surface area contributed by atoms with Crippen molar-refractivity contribution in [1.82, 2.24) is 10.2 Å². The van der Waals surface area contributed by atoms with E-state index in [1.165, 1.54) is 11.1 Å². The van der Waals surface area contributed by atoms with Crippen molar-refractivity contribution < 1.29 is 9.53 Å². The molecule has 24 heavy (non-hydrogen) atoms. The number of hydrogen-bond donors (Lipinski definition) is 1. The van der Waals surface area contributed by atoms with Gasteiger partial charge in [-0.1, -0.05) is 48.0 Å². The zero-order chi connectivity index (χ0) is 17.2. The van der Waals surface area contributed by atoms with Crippen LogP contribution >= 0.6 is 0 Å². The zero-order valence-corrected chi connectivity index (χ0v) is 14.5. The number of carbonyl (C=O) groups is 1. The Morgan fingerprint density at radius 3 is 2.50 bits per heavy atom. The maximum atomic E-state index is 12.0. The summed E-state index contributed by atoms with van der Waals surface area (Å²) in [5.74, 6) is 0.831. The molecule has 4 heteroatoms. The number of nitrogens with one attached hydrogen (secondary N) is 1. The summed E-state index contributed by atoms with van der Waals surface area (Å²) in [6, 6.07) is 18.2. The maximum absolute atomic E-state index is 12.0. The molecule has 0 spiro atoms. The van der Waals surface area contributed by atoms with Crippen LogP contribution in [0.15, 0.2) is 54.6 Å². The number of ether oxygens (including phenoxy) is 1. The molecule has 0 unspecified atom stereocenters. The summed E-state index contributed by atoms with van der Waals surface area (Å²) in [6.45, 7) is 3.76. The number of aryl methyl sites for hydroxylation is 2. The first-order chi connectivity index (χ1) is 11.6. The number of rotatable bonds is 8. The largest absolute Gasteiger partial charge is 0.492 e. The fraction of sp³-hybridized carbons (Fsp3) is 0.350. The van der Waals surface area contributed by atoms with E-state index < -0.39 is 0 Å². The minimum atomic E-state index is -0.0597. The van der Waals surface area contributed by atoms with Crippen molar-refractivity contribution in [3.05, 3.63) is 65.7 Å². The minimum Gasteiger partial charge on any atom is -0.492 e. The van der Waals surface area contributed by atoms with E-state index in [4.69, 9.17) is 4.74 Å². The molecule has 0 saturated carbocycles. The van der Waals surface area contributed by atoms with Crippen LogP contribution in [0.2, 0.25) is 0 Å². The molecule has 0 heterocycles. The van der Waals surface area contributed by atoms with E-state index in [-0.39, 0.29) is 6.03 Å². The second-order valence-electron chi connectivity index (χ2n) is 5.90. The van der Waals surface area contributed by atoms with Gasteiger partial charge in [0.05, 0.1) is 6.54 Å². The van der Waals surface area contributed by atoms with Gasteiger partial charge in [-0.05, 0) is 37.5 Å². The molecular weight excluding hydrogens is 300 g/mol. The van der Waals surface area contributed by atoms with Gasteiger partial charge in [0.15, 0.2) is 0 Å². The molecule has 4 nitrogen and oxygen atoms in total. The molecule has 2 aromatic carbocycles. The fourth-order valence-electron chi connectivity index (χ4n) is 2.30. The Kier molecular flexibility index (Phi) is 7.15. The highest BCUT2D eigenvalue weighted by Crippen LogP contribution is 2.11. The van der Waals surface area contributed by atoms with E-state index in [1.54, 1.807) is 11.9 Å². The average Bonchev–Trinajstić information content (AvgIpc) is 2.61. The smallest absolute Gasteiger partial charge is 0.317 e. The van der Waals surface area contributed by atoms with Crippen molar-refractivity contribution in [2.45, 2.75) is 19.8 Å². The topological polar surface area (TPSA) is 41.6 Å². The SMILES string of the molecule is Cc1ccc(OCCN(C)C(=O)NCCCc2ccccc2)cc1. The molecule has 0 aliphatic heterocycles. The third-order valence-corrected chi connectivity index (χ3v) is 3.82. The predicted octanol–water partition coefficient (Wildman–Crippen LogP) is 3.65. The molecule has 1 N–H and O–H groups in total. The zero-order valence-electron chi connectivity index (χ0n) is 14.5. The molecule has 0 saturated heterocycles. The van der Waals surface area contributed by atoms with E-state index >= 15 is 0 Å². The van der Waals surface area contributed by atoms with E-state index in [1.807, 2.05) is 49.4 Å². The monoisotopic (exact) mass is 326 g/mol. The normalized spacial score (nSPS) is 10.2. The molecule has 2 aromatic rings. The maximum Gasteiger partial charge on any atom is 0.317 e. The van der Waals surface area contributed by atoms with E-state index in [2.05, 4.69) is 17.4 Å². The molecule has 0 aliphatic rings. The van der Waals surface area contributed by atoms with Crippen LogP contribution in [0, 0.1) is 6.92 Å². The van der Waals surface area contributed by atoms with E-state index in [0.717, 1.165) is 18.6 Å². The van der Waals surface area contributed by atoms with Crippen LogP contribution in [0.4, 0.5) is 4.79 Å². The van der Waals surface area contributed by atoms with Crippen LogP contribution in [0.1, 0.15) is 17.5 Å². The molecule has 2 rings (SSSR count). The number of hydrogen-bond acceptors (Lipinski definition) is 2. The summed E-state index contributed by atoms with van der Waals surface area (Å²) in [7, 11) is 1.78. The van der Waals surface area contributed by atoms with Gasteiger partial charge in [0.2, 0.25) is 0 Å². The molecule has 0 bridgehead atoms. The van der Waals surface area contributed by atoms with Crippen molar-refractivity contribution in [3.8, 4) is 5.75 Å². The van der Waals surface area contributed by atoms with Crippen LogP contribution in [0.5, 0.6) is 5.75 Å². The van der Waals surface area contributed by atoms with Gasteiger partial charge in [-0.3, -0.25) is 0 Å². The Hall–Kier alpha value is -2.49. The standard InChI is InChI=1S/C20H26N2O2/c1-17-10-12-19(13-11-17)24-16-15-22(2)20(23)21-14-6-9-18-7-4-3-5-8-18/h3-5,7-8,10-13H,6,9,14-16H2,1-2H3,(H,21,23). The Labute approximate surface area is 144 Å². The van der Waals surface area contributed by atoms with Crippen LogP contribution in [-0.2, 0) is 6.42 Å². The summed E-state index contributed by atoms with van der Waals surface area (Å²) in [5.41, 5.74) is 2.50. The first-order valence-electron chi connectivity index (χ1n) is 8.37. The van der Waals surface area contributed by atoms with E-state index in [9.17, 15) is 4.79 Å². The number of urea groups is 1. The summed E-state index contributed by atoms with van der Waals surface area (Å²) < 4.78 is 5.64. The van der Waals surface area contributed by atoms with Gasteiger partial charge in [0.25, 0.3) is 0 Å². The molecule has 0 fully saturated rings. The molecule has 2 amide bonds. The molecular formula is C20H26N2O2. The lowest BCUT2D eigenvalue weighted by molar-refractivity contribution is 0.195. The second kappa shape index (κ2) is 9.60. The number of carbonyl (C=O) groups excluding carboxylic acids is 1. The number of amides is 2. The molecule has 128 valence electrons. The van der Waals surface area contributed by atoms with Crippen molar-refractivity contribution >= 4 is 6.03 Å². The van der Waals surface area contributed by atoms with Gasteiger partial charge >= 0.3 is 6.03 Å². The Morgan fingerprint density at radius 1 is 1.08 bits per heavy atom. The predicted molar refractivity (Wildman–Crippen MR) is 97.5 cm³/mol. The first kappa shape index (κ1) is 17.9. The number of benzene rings is 2. The van der Waals surface area contributed by atoms with E-state index in [0.29, 0.717) is 19.7 Å². The Balaban J connectivity index is 1.59. The van der Waals surface area contributed by atoms with Crippen molar-refractivity contribution in [1.29, 1.82) is 0 Å². The lowest BCUT2D eigenvalue weighted by Gasteiger charge is -2.18. The Bertz CT molecular complexity index is 611. The lowest BCUT2D eigenvalue weighted by Crippen LogP contribution is -2.39. The van der Waals surface area contributed by atoms with Crippen molar-refractivity contribution in [2.75, 3.05) is 26.7 Å². The second-order valence-corrected chi connectivity index (χ2v) is 5.90. The van der Waals surface area contributed by atoms with Gasteiger partial charge in [-0.25, -0.2) is 4.79 Å². The average molecular weight is 326 g/mol. The third-order valence-electron chi connectivity index (χ3n) is 3.82. The summed E-state index contributed by atoms with van der Waals surface area (Å²) in [4.78, 5) is 13.7. The van der Waals surface area contributed by atoms with Gasteiger partial charge in [-0.2, -0.15) is 0 Å². The van der Waals surface area contributed by atoms with Crippen molar-refractivity contribution in [3.63, 3.8) is 0 Å². The number of likely N-dealkylation sites (N-methyl/N-ethyl adjacent to an activating group) is 1. The van der Waals surface area contributed by atoms with Gasteiger partial charge in [0.1, 0.15) is 12.4 Å². The number of nitrogens with zero attached hydrogens (tertiary/aromatic N) is 1. The first-order valence-corrected chi connectivity index (χ1v) is 8.37. The highest BCUT2D eigenvalue weighted by atomic mass is 16.5. The lowest BCUT2D eigenvalue weighted by atomic mass is 10.1. The van der Waals surface area contributed by atoms with Gasteiger partial charge < -0.3 is 15.0 Å².